The van der Waals surface area contributed by atoms with E-state index >= 15 is 0 Å². The number of fused-ring (bicyclic) bond motifs is 2. The largest absolute Gasteiger partial charge is 0.508 e. The summed E-state index contributed by atoms with van der Waals surface area (Å²) in [6.07, 6.45) is 0. The number of benzene rings is 3. The number of ether oxygens (including phenoxy) is 1. The topological polar surface area (TPSA) is 97.0 Å². The van der Waals surface area contributed by atoms with Crippen LogP contribution in [0.2, 0.25) is 0 Å². The van der Waals surface area contributed by atoms with Crippen molar-refractivity contribution in [3.8, 4) is 5.75 Å². The monoisotopic (exact) mass is 519 g/mol. The van der Waals surface area contributed by atoms with Gasteiger partial charge in [0, 0.05) is 10.2 Å². The first-order valence-electron chi connectivity index (χ1n) is 10.5. The number of rotatable bonds is 4. The average Bonchev–Trinajstić information content (AvgIpc) is 3.12. The Hall–Kier alpha value is -3.91. The molecule has 4 aromatic rings. The third-order valence-electron chi connectivity index (χ3n) is 5.67. The van der Waals surface area contributed by atoms with Crippen LogP contribution >= 0.6 is 15.9 Å². The quantitative estimate of drug-likeness (QED) is 0.372. The Morgan fingerprint density at radius 1 is 1.09 bits per heavy atom. The van der Waals surface area contributed by atoms with Gasteiger partial charge < -0.3 is 14.3 Å². The lowest BCUT2D eigenvalue weighted by Crippen LogP contribution is -2.29. The summed E-state index contributed by atoms with van der Waals surface area (Å²) < 4.78 is 11.7. The molecule has 1 N–H and O–H groups in total. The summed E-state index contributed by atoms with van der Waals surface area (Å²) in [4.78, 5) is 40.7. The van der Waals surface area contributed by atoms with Gasteiger partial charge in [0.1, 0.15) is 11.3 Å². The normalized spacial score (nSPS) is 14.9. The fourth-order valence-electron chi connectivity index (χ4n) is 4.19. The molecule has 5 rings (SSSR count). The molecule has 0 aliphatic carbocycles. The Balaban J connectivity index is 1.71. The van der Waals surface area contributed by atoms with E-state index < -0.39 is 17.9 Å². The van der Waals surface area contributed by atoms with Gasteiger partial charge in [-0.2, -0.15) is 0 Å². The van der Waals surface area contributed by atoms with Crippen LogP contribution in [0.25, 0.3) is 11.0 Å². The van der Waals surface area contributed by atoms with E-state index in [0.717, 1.165) is 0 Å². The first-order chi connectivity index (χ1) is 16.4. The predicted octanol–water partition coefficient (Wildman–Crippen LogP) is 5.19. The maximum Gasteiger partial charge on any atom is 0.338 e. The molecule has 170 valence electrons. The van der Waals surface area contributed by atoms with Gasteiger partial charge in [-0.05, 0) is 67.1 Å². The smallest absolute Gasteiger partial charge is 0.338 e. The van der Waals surface area contributed by atoms with Gasteiger partial charge in [0.15, 0.2) is 5.43 Å². The van der Waals surface area contributed by atoms with Crippen molar-refractivity contribution < 1.29 is 23.8 Å². The molecule has 0 radical (unpaired) electrons. The van der Waals surface area contributed by atoms with Crippen LogP contribution in [0.1, 0.15) is 45.0 Å². The second-order valence-electron chi connectivity index (χ2n) is 7.75. The Morgan fingerprint density at radius 3 is 2.56 bits per heavy atom. The van der Waals surface area contributed by atoms with Gasteiger partial charge in [-0.15, -0.1) is 0 Å². The molecule has 8 heteroatoms. The first kappa shape index (κ1) is 21.9. The molecule has 1 amide bonds. The minimum atomic E-state index is -0.831. The van der Waals surface area contributed by atoms with Gasteiger partial charge in [-0.25, -0.2) is 4.79 Å². The van der Waals surface area contributed by atoms with Crippen LogP contribution in [0.15, 0.2) is 80.4 Å². The summed E-state index contributed by atoms with van der Waals surface area (Å²) >= 11 is 3.38. The van der Waals surface area contributed by atoms with Crippen molar-refractivity contribution in [1.29, 1.82) is 0 Å². The van der Waals surface area contributed by atoms with Crippen LogP contribution in [-0.2, 0) is 4.74 Å². The highest BCUT2D eigenvalue weighted by Crippen LogP contribution is 2.42. The fraction of sp³-hybridized carbons (Fsp3) is 0.115. The van der Waals surface area contributed by atoms with Crippen molar-refractivity contribution in [3.05, 3.63) is 104 Å². The molecule has 1 atom stereocenters. The lowest BCUT2D eigenvalue weighted by Gasteiger charge is -2.25. The second kappa shape index (κ2) is 8.46. The zero-order chi connectivity index (χ0) is 24.0. The van der Waals surface area contributed by atoms with Crippen molar-refractivity contribution in [2.45, 2.75) is 13.0 Å². The van der Waals surface area contributed by atoms with Gasteiger partial charge in [0.2, 0.25) is 5.76 Å². The molecule has 1 unspecified atom stereocenters. The number of phenols is 1. The number of hydrogen-bond acceptors (Lipinski definition) is 6. The molecule has 0 bridgehead atoms. The van der Waals surface area contributed by atoms with Crippen LogP contribution in [0, 0.1) is 0 Å². The number of anilines is 1. The lowest BCUT2D eigenvalue weighted by atomic mass is 9.98. The predicted molar refractivity (Wildman–Crippen MR) is 129 cm³/mol. The highest BCUT2D eigenvalue weighted by Gasteiger charge is 2.43. The first-order valence-corrected chi connectivity index (χ1v) is 11.3. The minimum absolute atomic E-state index is 0.00364. The van der Waals surface area contributed by atoms with Gasteiger partial charge in [0.25, 0.3) is 5.91 Å². The number of nitrogens with zero attached hydrogens (tertiary/aromatic N) is 1. The van der Waals surface area contributed by atoms with E-state index in [0.29, 0.717) is 32.3 Å². The third-order valence-corrected chi connectivity index (χ3v) is 6.17. The van der Waals surface area contributed by atoms with E-state index in [2.05, 4.69) is 15.9 Å². The van der Waals surface area contributed by atoms with Gasteiger partial charge >= 0.3 is 5.97 Å². The molecule has 3 aromatic carbocycles. The average molecular weight is 520 g/mol. The molecule has 2 heterocycles. The fourth-order valence-corrected chi connectivity index (χ4v) is 4.56. The molecule has 0 saturated heterocycles. The molecule has 7 nitrogen and oxygen atoms in total. The molecule has 34 heavy (non-hydrogen) atoms. The summed E-state index contributed by atoms with van der Waals surface area (Å²) in [5.74, 6) is -1.01. The molecule has 1 aliphatic heterocycles. The summed E-state index contributed by atoms with van der Waals surface area (Å²) in [6, 6.07) is 17.0. The van der Waals surface area contributed by atoms with Crippen molar-refractivity contribution in [3.63, 3.8) is 0 Å². The van der Waals surface area contributed by atoms with Gasteiger partial charge in [-0.1, -0.05) is 28.1 Å². The summed E-state index contributed by atoms with van der Waals surface area (Å²) in [5, 5.41) is 10.4. The Labute approximate surface area is 202 Å². The molecule has 0 saturated carbocycles. The number of hydrogen-bond donors (Lipinski definition) is 1. The second-order valence-corrected chi connectivity index (χ2v) is 8.67. The number of carbonyl (C=O) groups is 2. The summed E-state index contributed by atoms with van der Waals surface area (Å²) in [6.45, 7) is 1.97. The van der Waals surface area contributed by atoms with E-state index in [-0.39, 0.29) is 29.1 Å². The van der Waals surface area contributed by atoms with E-state index in [1.807, 2.05) is 0 Å². The van der Waals surface area contributed by atoms with E-state index in [9.17, 15) is 19.5 Å². The highest BCUT2D eigenvalue weighted by atomic mass is 79.9. The molecular formula is C26H18BrNO6. The molecule has 0 spiro atoms. The summed E-state index contributed by atoms with van der Waals surface area (Å²) in [7, 11) is 0. The van der Waals surface area contributed by atoms with E-state index in [1.54, 1.807) is 61.5 Å². The van der Waals surface area contributed by atoms with Crippen molar-refractivity contribution >= 4 is 44.5 Å². The van der Waals surface area contributed by atoms with Crippen LogP contribution in [0.5, 0.6) is 5.75 Å². The van der Waals surface area contributed by atoms with Crippen LogP contribution in [0.3, 0.4) is 0 Å². The SMILES string of the molecule is CCOC(=O)c1ccc(N2C(=O)c3oc4ccc(Br)cc4c(=O)c3C2c2cccc(O)c2)cc1. The summed E-state index contributed by atoms with van der Waals surface area (Å²) in [5.41, 5.74) is 1.51. The number of aromatic hydroxyl groups is 1. The Morgan fingerprint density at radius 2 is 1.85 bits per heavy atom. The number of phenolic OH excluding ortho intramolecular Hbond substituents is 1. The Kier molecular flexibility index (Phi) is 5.45. The number of amides is 1. The van der Waals surface area contributed by atoms with Crippen molar-refractivity contribution in [1.82, 2.24) is 0 Å². The number of esters is 1. The zero-order valence-electron chi connectivity index (χ0n) is 17.9. The van der Waals surface area contributed by atoms with Crippen LogP contribution in [0.4, 0.5) is 5.69 Å². The molecule has 0 fully saturated rings. The van der Waals surface area contributed by atoms with E-state index in [4.69, 9.17) is 9.15 Å². The minimum Gasteiger partial charge on any atom is -0.508 e. The van der Waals surface area contributed by atoms with Crippen molar-refractivity contribution in [2.75, 3.05) is 11.5 Å². The van der Waals surface area contributed by atoms with Crippen LogP contribution in [-0.4, -0.2) is 23.6 Å². The zero-order valence-corrected chi connectivity index (χ0v) is 19.5. The number of carbonyl (C=O) groups excluding carboxylic acids is 2. The number of halogens is 1. The molecule has 1 aliphatic rings. The van der Waals surface area contributed by atoms with Gasteiger partial charge in [-0.3, -0.25) is 14.5 Å². The maximum atomic E-state index is 13.6. The van der Waals surface area contributed by atoms with Crippen LogP contribution < -0.4 is 10.3 Å². The highest BCUT2D eigenvalue weighted by molar-refractivity contribution is 9.10. The molecular weight excluding hydrogens is 502 g/mol. The third kappa shape index (κ3) is 3.56. The molecule has 1 aromatic heterocycles. The van der Waals surface area contributed by atoms with E-state index in [1.165, 1.54) is 17.0 Å². The Bertz CT molecular complexity index is 1510. The van der Waals surface area contributed by atoms with Gasteiger partial charge in [0.05, 0.1) is 29.2 Å². The maximum absolute atomic E-state index is 13.6. The lowest BCUT2D eigenvalue weighted by molar-refractivity contribution is 0.0526. The standard InChI is InChI=1S/C26H18BrNO6/c1-2-33-26(32)14-6-9-17(10-7-14)28-22(15-4-3-5-18(29)12-15)21-23(30)19-13-16(27)8-11-20(19)34-24(21)25(28)31/h3-13,22,29H,2H2,1H3. The van der Waals surface area contributed by atoms with Crippen molar-refractivity contribution in [2.24, 2.45) is 0 Å².